The molecule has 4 rings (SSSR count). The van der Waals surface area contributed by atoms with Gasteiger partial charge in [-0.3, -0.25) is 0 Å². The van der Waals surface area contributed by atoms with E-state index in [1.165, 1.54) is 0 Å². The van der Waals surface area contributed by atoms with E-state index in [1.54, 1.807) is 6.08 Å². The van der Waals surface area contributed by atoms with Gasteiger partial charge in [0.15, 0.2) is 6.29 Å². The molecule has 1 aliphatic rings. The van der Waals surface area contributed by atoms with Crippen molar-refractivity contribution in [2.24, 2.45) is 0 Å². The van der Waals surface area contributed by atoms with E-state index in [0.717, 1.165) is 16.7 Å². The second kappa shape index (κ2) is 13.2. The van der Waals surface area contributed by atoms with Gasteiger partial charge in [0.2, 0.25) is 0 Å². The molecule has 1 unspecified atom stereocenters. The summed E-state index contributed by atoms with van der Waals surface area (Å²) in [6.45, 7) is 5.78. The Labute approximate surface area is 201 Å². The van der Waals surface area contributed by atoms with Crippen LogP contribution >= 0.6 is 0 Å². The van der Waals surface area contributed by atoms with Crippen LogP contribution in [0.15, 0.2) is 104 Å². The molecule has 5 heteroatoms. The van der Waals surface area contributed by atoms with Crippen LogP contribution in [0.5, 0.6) is 0 Å². The molecular formula is C29H32O5. The first-order valence-electron chi connectivity index (χ1n) is 11.6. The van der Waals surface area contributed by atoms with Gasteiger partial charge in [-0.05, 0) is 16.7 Å². The number of rotatable bonds is 12. The van der Waals surface area contributed by atoms with E-state index in [9.17, 15) is 0 Å². The summed E-state index contributed by atoms with van der Waals surface area (Å²) in [6.07, 6.45) is -0.0444. The van der Waals surface area contributed by atoms with Gasteiger partial charge in [-0.1, -0.05) is 97.1 Å². The number of ether oxygens (including phenoxy) is 5. The smallest absolute Gasteiger partial charge is 0.186 e. The van der Waals surface area contributed by atoms with E-state index >= 15 is 0 Å². The van der Waals surface area contributed by atoms with Crippen molar-refractivity contribution in [3.63, 3.8) is 0 Å². The fourth-order valence-electron chi connectivity index (χ4n) is 3.88. The van der Waals surface area contributed by atoms with Gasteiger partial charge in [0, 0.05) is 0 Å². The topological polar surface area (TPSA) is 46.2 Å². The molecule has 3 aromatic rings. The fourth-order valence-corrected chi connectivity index (χ4v) is 3.88. The Morgan fingerprint density at radius 3 is 1.62 bits per heavy atom. The van der Waals surface area contributed by atoms with Crippen LogP contribution in [-0.2, 0) is 43.5 Å². The molecule has 1 saturated heterocycles. The second-order valence-electron chi connectivity index (χ2n) is 8.18. The predicted octanol–water partition coefficient (Wildman–Crippen LogP) is 5.30. The Morgan fingerprint density at radius 2 is 1.12 bits per heavy atom. The van der Waals surface area contributed by atoms with Crippen LogP contribution in [0.3, 0.4) is 0 Å². The molecule has 3 aromatic carbocycles. The minimum Gasteiger partial charge on any atom is -0.368 e. The van der Waals surface area contributed by atoms with E-state index in [2.05, 4.69) is 6.58 Å². The molecule has 0 N–H and O–H groups in total. The maximum absolute atomic E-state index is 6.45. The summed E-state index contributed by atoms with van der Waals surface area (Å²) in [7, 11) is 0. The molecule has 0 aromatic heterocycles. The number of benzene rings is 3. The SMILES string of the molecule is C=CCOC1OC[C@@H](OCc2ccccc2)[C@H](OCc2ccccc2)[C@H]1OCc1ccccc1. The van der Waals surface area contributed by atoms with Gasteiger partial charge in [-0.15, -0.1) is 6.58 Å². The van der Waals surface area contributed by atoms with Gasteiger partial charge in [0.1, 0.15) is 18.3 Å². The first kappa shape index (κ1) is 24.3. The highest BCUT2D eigenvalue weighted by molar-refractivity contribution is 5.15. The zero-order valence-electron chi connectivity index (χ0n) is 19.3. The Balaban J connectivity index is 1.51. The Hall–Kier alpha value is -2.80. The van der Waals surface area contributed by atoms with Gasteiger partial charge >= 0.3 is 0 Å². The fraction of sp³-hybridized carbons (Fsp3) is 0.310. The molecule has 0 radical (unpaired) electrons. The molecule has 4 atom stereocenters. The summed E-state index contributed by atoms with van der Waals surface area (Å²) >= 11 is 0. The van der Waals surface area contributed by atoms with E-state index in [4.69, 9.17) is 23.7 Å². The first-order valence-corrected chi connectivity index (χ1v) is 11.6. The summed E-state index contributed by atoms with van der Waals surface area (Å²) in [5.74, 6) is 0. The van der Waals surface area contributed by atoms with Crippen LogP contribution in [0, 0.1) is 0 Å². The Morgan fingerprint density at radius 1 is 0.647 bits per heavy atom. The maximum atomic E-state index is 6.45. The lowest BCUT2D eigenvalue weighted by atomic mass is 10.0. The van der Waals surface area contributed by atoms with Crippen LogP contribution in [0.2, 0.25) is 0 Å². The number of hydrogen-bond donors (Lipinski definition) is 0. The highest BCUT2D eigenvalue weighted by atomic mass is 16.7. The van der Waals surface area contributed by atoms with Gasteiger partial charge in [0.05, 0.1) is 33.0 Å². The highest BCUT2D eigenvalue weighted by Gasteiger charge is 2.43. The summed E-state index contributed by atoms with van der Waals surface area (Å²) < 4.78 is 31.1. The van der Waals surface area contributed by atoms with Crippen molar-refractivity contribution >= 4 is 0 Å². The van der Waals surface area contributed by atoms with Crippen LogP contribution in [-0.4, -0.2) is 37.8 Å². The summed E-state index contributed by atoms with van der Waals surface area (Å²) in [5, 5.41) is 0. The van der Waals surface area contributed by atoms with E-state index in [1.807, 2.05) is 91.0 Å². The Kier molecular flexibility index (Phi) is 9.43. The van der Waals surface area contributed by atoms with Crippen molar-refractivity contribution in [3.05, 3.63) is 120 Å². The van der Waals surface area contributed by atoms with Crippen LogP contribution in [0.1, 0.15) is 16.7 Å². The van der Waals surface area contributed by atoms with E-state index in [0.29, 0.717) is 33.0 Å². The maximum Gasteiger partial charge on any atom is 0.186 e. The molecule has 0 bridgehead atoms. The van der Waals surface area contributed by atoms with Gasteiger partial charge in [0.25, 0.3) is 0 Å². The van der Waals surface area contributed by atoms with Crippen molar-refractivity contribution in [3.8, 4) is 0 Å². The molecule has 0 aliphatic carbocycles. The summed E-state index contributed by atoms with van der Waals surface area (Å²) in [6, 6.07) is 30.2. The molecule has 1 heterocycles. The largest absolute Gasteiger partial charge is 0.368 e. The quantitative estimate of drug-likeness (QED) is 0.343. The molecule has 34 heavy (non-hydrogen) atoms. The Bertz CT molecular complexity index is 964. The van der Waals surface area contributed by atoms with Crippen molar-refractivity contribution in [2.75, 3.05) is 13.2 Å². The van der Waals surface area contributed by atoms with E-state index in [-0.39, 0.29) is 12.2 Å². The van der Waals surface area contributed by atoms with Crippen molar-refractivity contribution < 1.29 is 23.7 Å². The minimum atomic E-state index is -0.584. The van der Waals surface area contributed by atoms with Gasteiger partial charge < -0.3 is 23.7 Å². The van der Waals surface area contributed by atoms with Crippen molar-refractivity contribution in [1.29, 1.82) is 0 Å². The lowest BCUT2D eigenvalue weighted by molar-refractivity contribution is -0.297. The lowest BCUT2D eigenvalue weighted by Crippen LogP contribution is -2.56. The van der Waals surface area contributed by atoms with Gasteiger partial charge in [-0.25, -0.2) is 0 Å². The molecule has 5 nitrogen and oxygen atoms in total. The zero-order chi connectivity index (χ0) is 23.4. The van der Waals surface area contributed by atoms with Crippen molar-refractivity contribution in [2.45, 2.75) is 44.4 Å². The third kappa shape index (κ3) is 7.10. The van der Waals surface area contributed by atoms with Crippen LogP contribution in [0.25, 0.3) is 0 Å². The van der Waals surface area contributed by atoms with Crippen LogP contribution < -0.4 is 0 Å². The monoisotopic (exact) mass is 460 g/mol. The highest BCUT2D eigenvalue weighted by Crippen LogP contribution is 2.27. The summed E-state index contributed by atoms with van der Waals surface area (Å²) in [4.78, 5) is 0. The van der Waals surface area contributed by atoms with Gasteiger partial charge in [-0.2, -0.15) is 0 Å². The van der Waals surface area contributed by atoms with Crippen LogP contribution in [0.4, 0.5) is 0 Å². The molecule has 0 amide bonds. The molecule has 1 aliphatic heterocycles. The third-order valence-corrected chi connectivity index (χ3v) is 5.64. The summed E-state index contributed by atoms with van der Waals surface area (Å²) in [5.41, 5.74) is 3.25. The molecule has 178 valence electrons. The first-order chi connectivity index (χ1) is 16.8. The number of hydrogen-bond acceptors (Lipinski definition) is 5. The average molecular weight is 461 g/mol. The molecular weight excluding hydrogens is 428 g/mol. The zero-order valence-corrected chi connectivity index (χ0v) is 19.3. The molecule has 1 fully saturated rings. The predicted molar refractivity (Wildman–Crippen MR) is 131 cm³/mol. The standard InChI is InChI=1S/C29H32O5/c1-2-18-30-29-28(33-21-25-16-10-5-11-17-25)27(32-20-24-14-8-4-9-15-24)26(22-34-29)31-19-23-12-6-3-7-13-23/h2-17,26-29H,1,18-22H2/t26-,27+,28-,29?/m1/s1. The normalized spacial score (nSPS) is 22.4. The molecule has 0 saturated carbocycles. The van der Waals surface area contributed by atoms with E-state index < -0.39 is 12.4 Å². The lowest BCUT2D eigenvalue weighted by Gasteiger charge is -2.41. The average Bonchev–Trinajstić information content (AvgIpc) is 2.90. The second-order valence-corrected chi connectivity index (χ2v) is 8.18. The third-order valence-electron chi connectivity index (χ3n) is 5.64. The molecule has 0 spiro atoms. The van der Waals surface area contributed by atoms with Crippen molar-refractivity contribution in [1.82, 2.24) is 0 Å². The minimum absolute atomic E-state index is 0.312.